The predicted octanol–water partition coefficient (Wildman–Crippen LogP) is 2.65. The van der Waals surface area contributed by atoms with Gasteiger partial charge in [-0.15, -0.1) is 0 Å². The number of para-hydroxylation sites is 1. The molecule has 0 aliphatic carbocycles. The third-order valence-corrected chi connectivity index (χ3v) is 3.27. The van der Waals surface area contributed by atoms with Gasteiger partial charge in [-0.3, -0.25) is 4.79 Å². The van der Waals surface area contributed by atoms with Crippen LogP contribution in [0.2, 0.25) is 0 Å². The van der Waals surface area contributed by atoms with E-state index in [9.17, 15) is 4.79 Å². The molecule has 2 rings (SSSR count). The van der Waals surface area contributed by atoms with Crippen molar-refractivity contribution in [1.29, 1.82) is 0 Å². The molecule has 2 aromatic rings. The van der Waals surface area contributed by atoms with Crippen LogP contribution in [-0.4, -0.2) is 40.3 Å². The average molecular weight is 301 g/mol. The molecule has 0 atom stereocenters. The van der Waals surface area contributed by atoms with Crippen LogP contribution in [0.25, 0.3) is 5.69 Å². The molecule has 1 amide bonds. The normalized spacial score (nSPS) is 10.9. The molecule has 0 aliphatic heterocycles. The topological polar surface area (TPSA) is 47.4 Å². The lowest BCUT2D eigenvalue weighted by molar-refractivity contribution is -0.131. The molecule has 0 saturated heterocycles. The number of nitrogens with zero attached hydrogens (tertiary/aromatic N) is 3. The van der Waals surface area contributed by atoms with Crippen molar-refractivity contribution in [2.24, 2.45) is 0 Å². The highest BCUT2D eigenvalue weighted by Crippen LogP contribution is 2.09. The van der Waals surface area contributed by atoms with Crippen LogP contribution in [0.1, 0.15) is 25.8 Å². The predicted molar refractivity (Wildman–Crippen MR) is 85.7 cm³/mol. The van der Waals surface area contributed by atoms with E-state index in [4.69, 9.17) is 4.74 Å². The first-order valence-electron chi connectivity index (χ1n) is 7.51. The molecule has 0 spiro atoms. The lowest BCUT2D eigenvalue weighted by atomic mass is 10.3. The first-order chi connectivity index (χ1) is 10.6. The highest BCUT2D eigenvalue weighted by molar-refractivity contribution is 5.75. The Morgan fingerprint density at radius 1 is 1.32 bits per heavy atom. The first kappa shape index (κ1) is 16.2. The van der Waals surface area contributed by atoms with E-state index >= 15 is 0 Å². The molecule has 5 heteroatoms. The molecule has 5 nitrogen and oxygen atoms in total. The largest absolute Gasteiger partial charge is 0.378 e. The zero-order chi connectivity index (χ0) is 15.9. The number of benzene rings is 1. The summed E-state index contributed by atoms with van der Waals surface area (Å²) in [4.78, 5) is 13.7. The minimum absolute atomic E-state index is 0.0770. The van der Waals surface area contributed by atoms with Gasteiger partial charge >= 0.3 is 0 Å². The van der Waals surface area contributed by atoms with Crippen molar-refractivity contribution >= 4 is 5.91 Å². The van der Waals surface area contributed by atoms with Gasteiger partial charge in [0.1, 0.15) is 0 Å². The Hall–Kier alpha value is -2.14. The van der Waals surface area contributed by atoms with E-state index in [1.54, 1.807) is 18.1 Å². The number of rotatable bonds is 7. The molecule has 1 aromatic carbocycles. The Morgan fingerprint density at radius 2 is 2.05 bits per heavy atom. The van der Waals surface area contributed by atoms with Crippen LogP contribution in [0, 0.1) is 0 Å². The van der Waals surface area contributed by atoms with Crippen LogP contribution >= 0.6 is 0 Å². The summed E-state index contributed by atoms with van der Waals surface area (Å²) < 4.78 is 7.23. The monoisotopic (exact) mass is 301 g/mol. The molecule has 118 valence electrons. The summed E-state index contributed by atoms with van der Waals surface area (Å²) in [6.45, 7) is 4.94. The molecule has 1 heterocycles. The molecule has 22 heavy (non-hydrogen) atoms. The van der Waals surface area contributed by atoms with E-state index in [1.807, 2.05) is 55.1 Å². The number of hydrogen-bond donors (Lipinski definition) is 0. The average Bonchev–Trinajstić information content (AvgIpc) is 2.96. The number of carbonyl (C=O) groups excluding carboxylic acids is 1. The molecular weight excluding hydrogens is 278 g/mol. The minimum Gasteiger partial charge on any atom is -0.378 e. The SMILES string of the molecule is CC(C)OCCC(=O)N(C)Cc1cnn(-c2ccccc2)c1. The number of hydrogen-bond acceptors (Lipinski definition) is 3. The van der Waals surface area contributed by atoms with E-state index in [0.717, 1.165) is 11.3 Å². The van der Waals surface area contributed by atoms with Crippen LogP contribution in [0.4, 0.5) is 0 Å². The smallest absolute Gasteiger partial charge is 0.224 e. The van der Waals surface area contributed by atoms with Crippen LogP contribution in [0.3, 0.4) is 0 Å². The fourth-order valence-corrected chi connectivity index (χ4v) is 2.10. The van der Waals surface area contributed by atoms with E-state index in [2.05, 4.69) is 5.10 Å². The van der Waals surface area contributed by atoms with Crippen LogP contribution in [0.5, 0.6) is 0 Å². The second kappa shape index (κ2) is 7.75. The van der Waals surface area contributed by atoms with E-state index in [0.29, 0.717) is 19.6 Å². The van der Waals surface area contributed by atoms with Gasteiger partial charge in [-0.2, -0.15) is 5.10 Å². The van der Waals surface area contributed by atoms with E-state index < -0.39 is 0 Å². The van der Waals surface area contributed by atoms with Crippen molar-refractivity contribution in [2.45, 2.75) is 32.9 Å². The van der Waals surface area contributed by atoms with Crippen molar-refractivity contribution in [3.63, 3.8) is 0 Å². The van der Waals surface area contributed by atoms with Crippen LogP contribution in [-0.2, 0) is 16.1 Å². The van der Waals surface area contributed by atoms with Crippen molar-refractivity contribution < 1.29 is 9.53 Å². The highest BCUT2D eigenvalue weighted by Gasteiger charge is 2.11. The molecule has 0 N–H and O–H groups in total. The van der Waals surface area contributed by atoms with E-state index in [1.165, 1.54) is 0 Å². The van der Waals surface area contributed by atoms with Crippen LogP contribution < -0.4 is 0 Å². The minimum atomic E-state index is 0.0770. The summed E-state index contributed by atoms with van der Waals surface area (Å²) in [5.74, 6) is 0.0770. The first-order valence-corrected chi connectivity index (χ1v) is 7.51. The Balaban J connectivity index is 1.88. The van der Waals surface area contributed by atoms with Crippen molar-refractivity contribution in [3.05, 3.63) is 48.3 Å². The van der Waals surface area contributed by atoms with Gasteiger partial charge in [-0.05, 0) is 26.0 Å². The molecule has 0 unspecified atom stereocenters. The maximum Gasteiger partial charge on any atom is 0.224 e. The van der Waals surface area contributed by atoms with Crippen molar-refractivity contribution in [3.8, 4) is 5.69 Å². The van der Waals surface area contributed by atoms with Gasteiger partial charge in [0.05, 0.1) is 31.0 Å². The number of ether oxygens (including phenoxy) is 1. The Bertz CT molecular complexity index is 593. The molecular formula is C17H23N3O2. The molecule has 0 fully saturated rings. The Labute approximate surface area is 131 Å². The zero-order valence-corrected chi connectivity index (χ0v) is 13.4. The van der Waals surface area contributed by atoms with Gasteiger partial charge < -0.3 is 9.64 Å². The summed E-state index contributed by atoms with van der Waals surface area (Å²) in [5.41, 5.74) is 2.01. The maximum atomic E-state index is 12.0. The standard InChI is InChI=1S/C17H23N3O2/c1-14(2)22-10-9-17(21)19(3)12-15-11-18-20(13-15)16-7-5-4-6-8-16/h4-8,11,13-14H,9-10,12H2,1-3H3. The fourth-order valence-electron chi connectivity index (χ4n) is 2.10. The summed E-state index contributed by atoms with van der Waals surface area (Å²) in [7, 11) is 1.80. The van der Waals surface area contributed by atoms with E-state index in [-0.39, 0.29) is 12.0 Å². The molecule has 1 aromatic heterocycles. The summed E-state index contributed by atoms with van der Waals surface area (Å²) in [6, 6.07) is 9.91. The van der Waals surface area contributed by atoms with Crippen molar-refractivity contribution in [1.82, 2.24) is 14.7 Å². The summed E-state index contributed by atoms with van der Waals surface area (Å²) in [5, 5.41) is 4.34. The molecule has 0 saturated carbocycles. The third kappa shape index (κ3) is 4.70. The van der Waals surface area contributed by atoms with Gasteiger partial charge in [0.15, 0.2) is 0 Å². The lowest BCUT2D eigenvalue weighted by Crippen LogP contribution is -2.27. The number of amides is 1. The number of aromatic nitrogens is 2. The molecule has 0 aliphatic rings. The second-order valence-corrected chi connectivity index (χ2v) is 5.55. The lowest BCUT2D eigenvalue weighted by Gasteiger charge is -2.16. The van der Waals surface area contributed by atoms with Gasteiger partial charge in [-0.1, -0.05) is 18.2 Å². The molecule has 0 radical (unpaired) electrons. The quantitative estimate of drug-likeness (QED) is 0.790. The molecule has 0 bridgehead atoms. The Kier molecular flexibility index (Phi) is 5.72. The highest BCUT2D eigenvalue weighted by atomic mass is 16.5. The fraction of sp³-hybridized carbons (Fsp3) is 0.412. The van der Waals surface area contributed by atoms with Gasteiger partial charge in [0.25, 0.3) is 0 Å². The summed E-state index contributed by atoms with van der Waals surface area (Å²) in [6.07, 6.45) is 4.30. The number of carbonyl (C=O) groups is 1. The third-order valence-electron chi connectivity index (χ3n) is 3.27. The Morgan fingerprint density at radius 3 is 2.73 bits per heavy atom. The van der Waals surface area contributed by atoms with Crippen LogP contribution in [0.15, 0.2) is 42.7 Å². The summed E-state index contributed by atoms with van der Waals surface area (Å²) >= 11 is 0. The van der Waals surface area contributed by atoms with Gasteiger partial charge in [0.2, 0.25) is 5.91 Å². The van der Waals surface area contributed by atoms with Gasteiger partial charge in [0, 0.05) is 25.4 Å². The van der Waals surface area contributed by atoms with Crippen molar-refractivity contribution in [2.75, 3.05) is 13.7 Å². The van der Waals surface area contributed by atoms with Gasteiger partial charge in [-0.25, -0.2) is 4.68 Å². The second-order valence-electron chi connectivity index (χ2n) is 5.55. The maximum absolute atomic E-state index is 12.0. The zero-order valence-electron chi connectivity index (χ0n) is 13.4.